The van der Waals surface area contributed by atoms with Gasteiger partial charge in [0, 0.05) is 25.5 Å². The third-order valence-electron chi connectivity index (χ3n) is 3.29. The minimum atomic E-state index is -0.501. The summed E-state index contributed by atoms with van der Waals surface area (Å²) in [5.74, 6) is 0.535. The van der Waals surface area contributed by atoms with E-state index >= 15 is 0 Å². The van der Waals surface area contributed by atoms with Gasteiger partial charge in [0.2, 0.25) is 5.96 Å². The highest BCUT2D eigenvalue weighted by Crippen LogP contribution is 2.14. The van der Waals surface area contributed by atoms with E-state index in [0.29, 0.717) is 37.0 Å². The Hall–Kier alpha value is -1.74. The molecule has 0 aromatic heterocycles. The Morgan fingerprint density at radius 2 is 2.12 bits per heavy atom. The first-order valence-electron chi connectivity index (χ1n) is 8.60. The summed E-state index contributed by atoms with van der Waals surface area (Å²) < 4.78 is 10.9. The van der Waals surface area contributed by atoms with Crippen molar-refractivity contribution in [2.75, 3.05) is 26.2 Å². The molecule has 144 valence electrons. The Morgan fingerprint density at radius 3 is 2.73 bits per heavy atom. The molecule has 0 aromatic rings. The number of hydrogen-bond acceptors (Lipinski definition) is 7. The summed E-state index contributed by atoms with van der Waals surface area (Å²) in [6.45, 7) is 7.36. The van der Waals surface area contributed by atoms with Crippen LogP contribution in [0.1, 0.15) is 27.2 Å². The highest BCUT2D eigenvalue weighted by Gasteiger charge is 2.16. The molecule has 2 rings (SSSR count). The van der Waals surface area contributed by atoms with Crippen LogP contribution in [0.4, 0.5) is 4.79 Å². The number of hydrogen-bond donors (Lipinski definition) is 2. The van der Waals surface area contributed by atoms with Crippen LogP contribution in [0, 0.1) is 0 Å². The maximum absolute atomic E-state index is 11.5. The molecular weight excluding hydrogens is 402 g/mol. The molecule has 1 amide bonds. The molecule has 0 saturated carbocycles. The maximum atomic E-state index is 11.5. The standard InChI is InChI=1S/C17H26BrN5O3/c1-17(2,3)26-16(24)20-7-6-19-15-22-9-14(10-23-15)25-11-13-5-4-12(18)8-21-13/h5,8-9,12,14H,4,6-7,10-11H2,1-3H3,(H,19,23)(H,20,24). The number of allylic oxidation sites excluding steroid dienone is 1. The number of ether oxygens (including phenoxy) is 2. The summed E-state index contributed by atoms with van der Waals surface area (Å²) in [4.78, 5) is 24.7. The normalized spacial score (nSPS) is 22.5. The van der Waals surface area contributed by atoms with E-state index < -0.39 is 11.7 Å². The van der Waals surface area contributed by atoms with Crippen LogP contribution in [0.5, 0.6) is 0 Å². The van der Waals surface area contributed by atoms with Gasteiger partial charge in [-0.15, -0.1) is 0 Å². The van der Waals surface area contributed by atoms with Crippen molar-refractivity contribution in [1.29, 1.82) is 0 Å². The number of carbonyl (C=O) groups is 1. The monoisotopic (exact) mass is 427 g/mol. The molecule has 0 spiro atoms. The number of carbonyl (C=O) groups excluding carboxylic acids is 1. The minimum Gasteiger partial charge on any atom is -0.444 e. The molecule has 0 aromatic carbocycles. The molecule has 26 heavy (non-hydrogen) atoms. The first-order valence-corrected chi connectivity index (χ1v) is 9.51. The lowest BCUT2D eigenvalue weighted by molar-refractivity contribution is 0.0529. The molecule has 2 atom stereocenters. The number of halogens is 1. The van der Waals surface area contributed by atoms with Gasteiger partial charge in [-0.25, -0.2) is 14.8 Å². The molecule has 0 fully saturated rings. The second-order valence-corrected chi connectivity index (χ2v) is 8.05. The minimum absolute atomic E-state index is 0.154. The zero-order valence-electron chi connectivity index (χ0n) is 15.4. The molecule has 0 aliphatic carbocycles. The predicted octanol–water partition coefficient (Wildman–Crippen LogP) is 2.05. The van der Waals surface area contributed by atoms with Crippen molar-refractivity contribution in [2.45, 2.75) is 43.7 Å². The van der Waals surface area contributed by atoms with Crippen molar-refractivity contribution >= 4 is 40.4 Å². The fraction of sp³-hybridized carbons (Fsp3) is 0.647. The summed E-state index contributed by atoms with van der Waals surface area (Å²) in [6.07, 6.45) is 6.00. The number of amides is 1. The van der Waals surface area contributed by atoms with Gasteiger partial charge in [0.1, 0.15) is 11.7 Å². The lowest BCUT2D eigenvalue weighted by Crippen LogP contribution is -2.38. The van der Waals surface area contributed by atoms with E-state index in [9.17, 15) is 4.79 Å². The number of guanidine groups is 1. The van der Waals surface area contributed by atoms with Gasteiger partial charge in [-0.1, -0.05) is 22.0 Å². The summed E-state index contributed by atoms with van der Waals surface area (Å²) in [5, 5.41) is 5.73. The fourth-order valence-corrected chi connectivity index (χ4v) is 2.40. The predicted molar refractivity (Wildman–Crippen MR) is 107 cm³/mol. The molecule has 2 heterocycles. The van der Waals surface area contributed by atoms with Crippen LogP contribution in [0.3, 0.4) is 0 Å². The second kappa shape index (κ2) is 9.82. The Balaban J connectivity index is 1.59. The van der Waals surface area contributed by atoms with Crippen LogP contribution in [-0.4, -0.2) is 67.3 Å². The average Bonchev–Trinajstić information content (AvgIpc) is 2.58. The maximum Gasteiger partial charge on any atom is 0.407 e. The third kappa shape index (κ3) is 8.09. The van der Waals surface area contributed by atoms with Crippen molar-refractivity contribution in [3.8, 4) is 0 Å². The van der Waals surface area contributed by atoms with Gasteiger partial charge in [0.15, 0.2) is 0 Å². The number of nitrogens with zero attached hydrogens (tertiary/aromatic N) is 3. The molecule has 2 aliphatic rings. The molecule has 2 aliphatic heterocycles. The van der Waals surface area contributed by atoms with E-state index in [-0.39, 0.29) is 6.10 Å². The van der Waals surface area contributed by atoms with E-state index in [0.717, 1.165) is 12.1 Å². The summed E-state index contributed by atoms with van der Waals surface area (Å²) in [7, 11) is 0. The lowest BCUT2D eigenvalue weighted by atomic mass is 10.2. The topological polar surface area (TPSA) is 96.7 Å². The second-order valence-electron chi connectivity index (χ2n) is 6.87. The number of rotatable bonds is 6. The van der Waals surface area contributed by atoms with Gasteiger partial charge in [0.05, 0.1) is 23.7 Å². The Bertz CT molecular complexity index is 610. The third-order valence-corrected chi connectivity index (χ3v) is 3.90. The van der Waals surface area contributed by atoms with E-state index in [1.165, 1.54) is 0 Å². The van der Waals surface area contributed by atoms with E-state index in [1.807, 2.05) is 27.0 Å². The Labute approximate surface area is 162 Å². The van der Waals surface area contributed by atoms with Crippen molar-refractivity contribution < 1.29 is 14.3 Å². The number of aliphatic imine (C=N–C) groups is 3. The van der Waals surface area contributed by atoms with Gasteiger partial charge < -0.3 is 20.1 Å². The fourth-order valence-electron chi connectivity index (χ4n) is 2.10. The van der Waals surface area contributed by atoms with Crippen LogP contribution >= 0.6 is 15.9 Å². The van der Waals surface area contributed by atoms with E-state index in [1.54, 1.807) is 6.21 Å². The van der Waals surface area contributed by atoms with Gasteiger partial charge >= 0.3 is 6.09 Å². The van der Waals surface area contributed by atoms with Gasteiger partial charge in [-0.3, -0.25) is 4.99 Å². The first kappa shape index (κ1) is 20.6. The largest absolute Gasteiger partial charge is 0.444 e. The molecule has 9 heteroatoms. The Morgan fingerprint density at radius 1 is 1.31 bits per heavy atom. The number of alkyl carbamates (subject to hydrolysis) is 1. The zero-order chi connectivity index (χ0) is 19.0. The Kier molecular flexibility index (Phi) is 7.77. The summed E-state index contributed by atoms with van der Waals surface area (Å²) in [6, 6.07) is 0. The molecule has 0 radical (unpaired) electrons. The van der Waals surface area contributed by atoms with Crippen LogP contribution in [0.2, 0.25) is 0 Å². The van der Waals surface area contributed by atoms with Crippen LogP contribution in [0.15, 0.2) is 26.8 Å². The molecule has 2 unspecified atom stereocenters. The van der Waals surface area contributed by atoms with Crippen molar-refractivity contribution in [1.82, 2.24) is 10.6 Å². The first-order chi connectivity index (χ1) is 12.3. The average molecular weight is 428 g/mol. The molecule has 0 saturated heterocycles. The molecule has 2 N–H and O–H groups in total. The zero-order valence-corrected chi connectivity index (χ0v) is 17.0. The van der Waals surface area contributed by atoms with Crippen molar-refractivity contribution in [3.05, 3.63) is 11.8 Å². The number of alkyl halides is 1. The molecular formula is C17H26BrN5O3. The summed E-state index contributed by atoms with van der Waals surface area (Å²) >= 11 is 3.49. The smallest absolute Gasteiger partial charge is 0.407 e. The van der Waals surface area contributed by atoms with Gasteiger partial charge in [-0.2, -0.15) is 0 Å². The quantitative estimate of drug-likeness (QED) is 0.500. The SMILES string of the molecule is CC(C)(C)OC(=O)NCCNC1=NCC(OCC2=CCC(Br)C=N2)C=N1. The van der Waals surface area contributed by atoms with Crippen LogP contribution < -0.4 is 10.6 Å². The van der Waals surface area contributed by atoms with Gasteiger partial charge in [-0.05, 0) is 27.2 Å². The number of nitrogens with one attached hydrogen (secondary N) is 2. The van der Waals surface area contributed by atoms with Crippen molar-refractivity contribution in [3.63, 3.8) is 0 Å². The highest BCUT2D eigenvalue weighted by molar-refractivity contribution is 9.10. The molecule has 8 nitrogen and oxygen atoms in total. The molecule has 0 bridgehead atoms. The lowest BCUT2D eigenvalue weighted by Gasteiger charge is -2.20. The van der Waals surface area contributed by atoms with Gasteiger partial charge in [0.25, 0.3) is 0 Å². The highest BCUT2D eigenvalue weighted by atomic mass is 79.9. The van der Waals surface area contributed by atoms with Crippen LogP contribution in [-0.2, 0) is 9.47 Å². The van der Waals surface area contributed by atoms with Crippen molar-refractivity contribution in [2.24, 2.45) is 15.0 Å². The summed E-state index contributed by atoms with van der Waals surface area (Å²) in [5.41, 5.74) is 0.425. The van der Waals surface area contributed by atoms with Crippen LogP contribution in [0.25, 0.3) is 0 Å². The van der Waals surface area contributed by atoms with E-state index in [4.69, 9.17) is 9.47 Å². The van der Waals surface area contributed by atoms with E-state index in [2.05, 4.69) is 47.6 Å².